The molecule has 1 aliphatic heterocycles. The molecule has 8 nitrogen and oxygen atoms in total. The highest BCUT2D eigenvalue weighted by Crippen LogP contribution is 2.17. The molecule has 11 heteroatoms. The number of guanidine groups is 1. The number of aromatic nitrogens is 1. The van der Waals surface area contributed by atoms with Crippen molar-refractivity contribution in [2.75, 3.05) is 19.7 Å². The van der Waals surface area contributed by atoms with Gasteiger partial charge in [-0.3, -0.25) is 0 Å². The summed E-state index contributed by atoms with van der Waals surface area (Å²) in [5, 5.41) is 15.6. The van der Waals surface area contributed by atoms with Gasteiger partial charge in [0.2, 0.25) is 5.88 Å². The predicted molar refractivity (Wildman–Crippen MR) is 68.6 cm³/mol. The first kappa shape index (κ1) is 15.8. The predicted octanol–water partition coefficient (Wildman–Crippen LogP) is 0.976. The molecule has 0 radical (unpaired) electrons. The largest absolute Gasteiger partial charge is 0.468 e. The number of hydrazone groups is 1. The van der Waals surface area contributed by atoms with Gasteiger partial charge in [0.15, 0.2) is 11.6 Å². The van der Waals surface area contributed by atoms with Gasteiger partial charge in [0.1, 0.15) is 5.10 Å². The number of nitrogens with zero attached hydrogens (tertiary/aromatic N) is 4. The average Bonchev–Trinajstić information content (AvgIpc) is 2.83. The minimum Gasteiger partial charge on any atom is -0.468 e. The first-order valence-corrected chi connectivity index (χ1v) is 6.20. The Balaban J connectivity index is 1.95. The number of rotatable bonds is 5. The van der Waals surface area contributed by atoms with Gasteiger partial charge in [-0.25, -0.2) is 15.1 Å². The van der Waals surface area contributed by atoms with Crippen LogP contribution in [0.15, 0.2) is 23.4 Å². The molecule has 1 aliphatic rings. The number of nitro groups is 1. The van der Waals surface area contributed by atoms with Crippen molar-refractivity contribution in [2.45, 2.75) is 12.7 Å². The van der Waals surface area contributed by atoms with E-state index < -0.39 is 17.8 Å². The molecule has 0 amide bonds. The van der Waals surface area contributed by atoms with Gasteiger partial charge in [0.05, 0.1) is 0 Å². The summed E-state index contributed by atoms with van der Waals surface area (Å²) in [6, 6.07) is 2.86. The van der Waals surface area contributed by atoms with Gasteiger partial charge < -0.3 is 15.0 Å². The van der Waals surface area contributed by atoms with Gasteiger partial charge in [0.25, 0.3) is 5.96 Å². The van der Waals surface area contributed by atoms with Crippen LogP contribution in [0.1, 0.15) is 5.56 Å². The van der Waals surface area contributed by atoms with Crippen LogP contribution < -0.4 is 10.1 Å². The van der Waals surface area contributed by atoms with Crippen LogP contribution in [0.3, 0.4) is 0 Å². The van der Waals surface area contributed by atoms with Crippen molar-refractivity contribution in [3.8, 4) is 5.88 Å². The molecule has 0 bridgehead atoms. The molecular formula is C11H12F3N5O3. The van der Waals surface area contributed by atoms with Crippen LogP contribution in [0.25, 0.3) is 0 Å². The maximum Gasteiger partial charge on any atom is 0.422 e. The van der Waals surface area contributed by atoms with Crippen LogP contribution in [0.5, 0.6) is 5.88 Å². The van der Waals surface area contributed by atoms with Crippen molar-refractivity contribution >= 4 is 5.96 Å². The minimum absolute atomic E-state index is 0.139. The molecular weight excluding hydrogens is 307 g/mol. The number of halogens is 3. The van der Waals surface area contributed by atoms with Gasteiger partial charge in [0, 0.05) is 31.9 Å². The quantitative estimate of drug-likeness (QED) is 0.642. The lowest BCUT2D eigenvalue weighted by molar-refractivity contribution is -0.485. The number of hydrogen-bond donors (Lipinski definition) is 1. The highest BCUT2D eigenvalue weighted by atomic mass is 19.4. The van der Waals surface area contributed by atoms with E-state index in [0.29, 0.717) is 25.2 Å². The van der Waals surface area contributed by atoms with E-state index in [1.807, 2.05) is 0 Å². The lowest BCUT2D eigenvalue weighted by atomic mass is 10.2. The molecule has 1 aromatic rings. The Kier molecular flexibility index (Phi) is 4.63. The highest BCUT2D eigenvalue weighted by molar-refractivity contribution is 5.81. The number of nitrogens with one attached hydrogen (secondary N) is 1. The normalized spacial score (nSPS) is 16.7. The summed E-state index contributed by atoms with van der Waals surface area (Å²) in [6.45, 7) is -0.0624. The number of alkyl halides is 3. The molecule has 0 aromatic carbocycles. The monoisotopic (exact) mass is 319 g/mol. The van der Waals surface area contributed by atoms with Gasteiger partial charge >= 0.3 is 6.18 Å². The fraction of sp³-hybridized carbons (Fsp3) is 0.455. The second kappa shape index (κ2) is 6.45. The van der Waals surface area contributed by atoms with E-state index in [4.69, 9.17) is 0 Å². The zero-order chi connectivity index (χ0) is 16.2. The summed E-state index contributed by atoms with van der Waals surface area (Å²) in [4.78, 5) is 15.8. The summed E-state index contributed by atoms with van der Waals surface area (Å²) in [7, 11) is 0. The SMILES string of the molecule is O=[N+]([O-])N=C1NCCN1Cc1ccc(OCC(F)(F)F)nc1. The summed E-state index contributed by atoms with van der Waals surface area (Å²) in [5.74, 6) is 0.00204. The van der Waals surface area contributed by atoms with Crippen LogP contribution in [-0.4, -0.2) is 46.7 Å². The molecule has 1 saturated heterocycles. The third kappa shape index (κ3) is 4.75. The Bertz CT molecular complexity index is 561. The zero-order valence-electron chi connectivity index (χ0n) is 11.2. The van der Waals surface area contributed by atoms with E-state index in [-0.39, 0.29) is 11.8 Å². The fourth-order valence-corrected chi connectivity index (χ4v) is 1.82. The highest BCUT2D eigenvalue weighted by Gasteiger charge is 2.28. The van der Waals surface area contributed by atoms with Crippen molar-refractivity contribution in [3.05, 3.63) is 34.0 Å². The van der Waals surface area contributed by atoms with E-state index >= 15 is 0 Å². The van der Waals surface area contributed by atoms with Crippen LogP contribution in [-0.2, 0) is 6.54 Å². The first-order chi connectivity index (χ1) is 10.3. The van der Waals surface area contributed by atoms with Crippen LogP contribution in [0.4, 0.5) is 13.2 Å². The van der Waals surface area contributed by atoms with Crippen molar-refractivity contribution < 1.29 is 22.9 Å². The minimum atomic E-state index is -4.42. The Labute approximate surface area is 122 Å². The maximum absolute atomic E-state index is 12.0. The third-order valence-corrected chi connectivity index (χ3v) is 2.70. The third-order valence-electron chi connectivity index (χ3n) is 2.70. The number of pyridine rings is 1. The molecule has 2 rings (SSSR count). The van der Waals surface area contributed by atoms with E-state index in [2.05, 4.69) is 20.1 Å². The maximum atomic E-state index is 12.0. The van der Waals surface area contributed by atoms with Crippen LogP contribution in [0.2, 0.25) is 0 Å². The molecule has 22 heavy (non-hydrogen) atoms. The molecule has 1 N–H and O–H groups in total. The van der Waals surface area contributed by atoms with Gasteiger partial charge in [-0.05, 0) is 5.56 Å². The van der Waals surface area contributed by atoms with Gasteiger partial charge in [-0.15, -0.1) is 0 Å². The van der Waals surface area contributed by atoms with Crippen molar-refractivity contribution in [2.24, 2.45) is 5.10 Å². The van der Waals surface area contributed by atoms with Crippen LogP contribution >= 0.6 is 0 Å². The Morgan fingerprint density at radius 2 is 2.27 bits per heavy atom. The number of ether oxygens (including phenoxy) is 1. The van der Waals surface area contributed by atoms with E-state index in [1.54, 1.807) is 11.0 Å². The molecule has 0 atom stereocenters. The number of hydrogen-bond acceptors (Lipinski definition) is 4. The molecule has 1 fully saturated rings. The molecule has 2 heterocycles. The van der Waals surface area contributed by atoms with Crippen LogP contribution in [0, 0.1) is 10.1 Å². The molecule has 120 valence electrons. The van der Waals surface area contributed by atoms with Crippen molar-refractivity contribution in [1.82, 2.24) is 15.2 Å². The van der Waals surface area contributed by atoms with Gasteiger partial charge in [-0.1, -0.05) is 6.07 Å². The van der Waals surface area contributed by atoms with E-state index in [0.717, 1.165) is 0 Å². The molecule has 0 spiro atoms. The lowest BCUT2D eigenvalue weighted by Crippen LogP contribution is -2.30. The average molecular weight is 319 g/mol. The topological polar surface area (TPSA) is 92.9 Å². The fourth-order valence-electron chi connectivity index (χ4n) is 1.82. The summed E-state index contributed by atoms with van der Waals surface area (Å²) >= 11 is 0. The second-order valence-electron chi connectivity index (χ2n) is 4.42. The summed E-state index contributed by atoms with van der Waals surface area (Å²) < 4.78 is 40.5. The lowest BCUT2D eigenvalue weighted by Gasteiger charge is -2.15. The molecule has 0 unspecified atom stereocenters. The molecule has 0 saturated carbocycles. The Hall–Kier alpha value is -2.59. The molecule has 1 aromatic heterocycles. The Morgan fingerprint density at radius 3 is 2.86 bits per heavy atom. The van der Waals surface area contributed by atoms with Crippen molar-refractivity contribution in [3.63, 3.8) is 0 Å². The summed E-state index contributed by atoms with van der Waals surface area (Å²) in [5.41, 5.74) is 0.666. The van der Waals surface area contributed by atoms with Gasteiger partial charge in [-0.2, -0.15) is 13.2 Å². The first-order valence-electron chi connectivity index (χ1n) is 6.20. The molecule has 0 aliphatic carbocycles. The smallest absolute Gasteiger partial charge is 0.422 e. The van der Waals surface area contributed by atoms with Crippen molar-refractivity contribution in [1.29, 1.82) is 0 Å². The van der Waals surface area contributed by atoms with E-state index in [9.17, 15) is 23.3 Å². The zero-order valence-corrected chi connectivity index (χ0v) is 11.2. The second-order valence-corrected chi connectivity index (χ2v) is 4.42. The van der Waals surface area contributed by atoms with E-state index in [1.165, 1.54) is 12.3 Å². The summed E-state index contributed by atoms with van der Waals surface area (Å²) in [6.07, 6.45) is -3.07. The Morgan fingerprint density at radius 1 is 1.50 bits per heavy atom. The standard InChI is InChI=1S/C11H12F3N5O3/c12-11(13,14)7-22-9-2-1-8(5-16-9)6-18-4-3-15-10(18)17-19(20)21/h1-2,5H,3-4,6-7H2,(H,15,17).